The van der Waals surface area contributed by atoms with Gasteiger partial charge < -0.3 is 9.64 Å². The molecule has 0 N–H and O–H groups in total. The van der Waals surface area contributed by atoms with Crippen molar-refractivity contribution in [3.8, 4) is 11.5 Å². The molecular weight excluding hydrogens is 238 g/mol. The van der Waals surface area contributed by atoms with Gasteiger partial charge in [-0.15, -0.1) is 0 Å². The summed E-state index contributed by atoms with van der Waals surface area (Å²) in [6, 6.07) is 17.2. The van der Waals surface area contributed by atoms with Gasteiger partial charge in [-0.25, -0.2) is 0 Å². The van der Waals surface area contributed by atoms with E-state index in [0.717, 1.165) is 17.1 Å². The highest BCUT2D eigenvalue weighted by Gasteiger charge is 2.10. The van der Waals surface area contributed by atoms with Crippen molar-refractivity contribution in [1.29, 1.82) is 0 Å². The van der Waals surface area contributed by atoms with Crippen LogP contribution in [-0.2, 0) is 11.2 Å². The number of carbonyl (C=O) groups excluding carboxylic acids is 1. The Morgan fingerprint density at radius 2 is 1.63 bits per heavy atom. The van der Waals surface area contributed by atoms with Gasteiger partial charge in [0.1, 0.15) is 11.5 Å². The molecule has 0 aliphatic heterocycles. The number of nitrogens with zero attached hydrogens (tertiary/aromatic N) is 1. The highest BCUT2D eigenvalue weighted by Crippen LogP contribution is 2.25. The Morgan fingerprint density at radius 3 is 2.32 bits per heavy atom. The van der Waals surface area contributed by atoms with Crippen LogP contribution < -0.4 is 4.74 Å². The molecule has 0 radical (unpaired) electrons. The first-order valence-corrected chi connectivity index (χ1v) is 6.18. The van der Waals surface area contributed by atoms with Crippen LogP contribution in [0.25, 0.3) is 0 Å². The first kappa shape index (κ1) is 13.1. The van der Waals surface area contributed by atoms with E-state index in [0.29, 0.717) is 6.42 Å². The number of likely N-dealkylation sites (N-methyl/N-ethyl adjacent to an activating group) is 1. The second-order valence-electron chi connectivity index (χ2n) is 4.49. The molecule has 19 heavy (non-hydrogen) atoms. The van der Waals surface area contributed by atoms with Gasteiger partial charge in [0.15, 0.2) is 0 Å². The minimum atomic E-state index is 0.0594. The number of carbonyl (C=O) groups is 1. The van der Waals surface area contributed by atoms with E-state index in [1.54, 1.807) is 19.0 Å². The second-order valence-corrected chi connectivity index (χ2v) is 4.49. The number of para-hydroxylation sites is 2. The van der Waals surface area contributed by atoms with Crippen LogP contribution in [0.15, 0.2) is 54.6 Å². The Balaban J connectivity index is 2.19. The van der Waals surface area contributed by atoms with E-state index in [1.165, 1.54) is 0 Å². The summed E-state index contributed by atoms with van der Waals surface area (Å²) in [5.41, 5.74) is 0.894. The summed E-state index contributed by atoms with van der Waals surface area (Å²) in [6.45, 7) is 0. The lowest BCUT2D eigenvalue weighted by Gasteiger charge is -2.13. The molecule has 0 aromatic heterocycles. The van der Waals surface area contributed by atoms with Crippen LogP contribution in [0, 0.1) is 0 Å². The fraction of sp³-hybridized carbons (Fsp3) is 0.188. The summed E-state index contributed by atoms with van der Waals surface area (Å²) in [5, 5.41) is 0. The van der Waals surface area contributed by atoms with E-state index >= 15 is 0 Å². The smallest absolute Gasteiger partial charge is 0.226 e. The van der Waals surface area contributed by atoms with E-state index in [9.17, 15) is 4.79 Å². The zero-order chi connectivity index (χ0) is 13.7. The Kier molecular flexibility index (Phi) is 4.18. The van der Waals surface area contributed by atoms with Crippen LogP contribution in [-0.4, -0.2) is 24.9 Å². The fourth-order valence-electron chi connectivity index (χ4n) is 1.69. The van der Waals surface area contributed by atoms with Crippen molar-refractivity contribution < 1.29 is 9.53 Å². The average Bonchev–Trinajstić information content (AvgIpc) is 2.42. The van der Waals surface area contributed by atoms with Crippen LogP contribution >= 0.6 is 0 Å². The maximum Gasteiger partial charge on any atom is 0.226 e. The summed E-state index contributed by atoms with van der Waals surface area (Å²) < 4.78 is 5.82. The predicted molar refractivity (Wildman–Crippen MR) is 75.4 cm³/mol. The topological polar surface area (TPSA) is 29.5 Å². The largest absolute Gasteiger partial charge is 0.457 e. The summed E-state index contributed by atoms with van der Waals surface area (Å²) >= 11 is 0. The monoisotopic (exact) mass is 255 g/mol. The van der Waals surface area contributed by atoms with Gasteiger partial charge in [-0.05, 0) is 18.2 Å². The highest BCUT2D eigenvalue weighted by molar-refractivity contribution is 5.79. The van der Waals surface area contributed by atoms with Crippen LogP contribution in [0.4, 0.5) is 0 Å². The molecule has 0 bridgehead atoms. The fourth-order valence-corrected chi connectivity index (χ4v) is 1.69. The number of benzene rings is 2. The number of hydrogen-bond donors (Lipinski definition) is 0. The number of hydrogen-bond acceptors (Lipinski definition) is 2. The van der Waals surface area contributed by atoms with Crippen molar-refractivity contribution in [3.63, 3.8) is 0 Å². The van der Waals surface area contributed by atoms with Gasteiger partial charge >= 0.3 is 0 Å². The van der Waals surface area contributed by atoms with E-state index in [4.69, 9.17) is 4.74 Å². The molecule has 0 saturated heterocycles. The van der Waals surface area contributed by atoms with Gasteiger partial charge in [-0.1, -0.05) is 36.4 Å². The van der Waals surface area contributed by atoms with Gasteiger partial charge in [-0.2, -0.15) is 0 Å². The lowest BCUT2D eigenvalue weighted by atomic mass is 10.1. The molecule has 2 rings (SSSR count). The van der Waals surface area contributed by atoms with Crippen molar-refractivity contribution in [1.82, 2.24) is 4.90 Å². The summed E-state index contributed by atoms with van der Waals surface area (Å²) in [7, 11) is 3.51. The number of amides is 1. The molecule has 0 heterocycles. The van der Waals surface area contributed by atoms with E-state index in [2.05, 4.69) is 0 Å². The Labute approximate surface area is 113 Å². The standard InChI is InChI=1S/C16H17NO2/c1-17(2)16(18)12-13-8-6-7-11-15(13)19-14-9-4-3-5-10-14/h3-11H,12H2,1-2H3. The first-order valence-electron chi connectivity index (χ1n) is 6.18. The zero-order valence-corrected chi connectivity index (χ0v) is 11.2. The molecule has 0 spiro atoms. The van der Waals surface area contributed by atoms with Gasteiger partial charge in [0.2, 0.25) is 5.91 Å². The molecule has 1 amide bonds. The molecule has 0 fully saturated rings. The summed E-state index contributed by atoms with van der Waals surface area (Å²) in [5.74, 6) is 1.56. The third kappa shape index (κ3) is 3.58. The zero-order valence-electron chi connectivity index (χ0n) is 11.2. The molecule has 0 aliphatic rings. The summed E-state index contributed by atoms with van der Waals surface area (Å²) in [6.07, 6.45) is 0.343. The minimum Gasteiger partial charge on any atom is -0.457 e. The van der Waals surface area contributed by atoms with Crippen molar-refractivity contribution >= 4 is 5.91 Å². The molecule has 2 aromatic carbocycles. The normalized spacial score (nSPS) is 10.0. The Morgan fingerprint density at radius 1 is 1.00 bits per heavy atom. The molecule has 98 valence electrons. The predicted octanol–water partition coefficient (Wildman–Crippen LogP) is 3.11. The Hall–Kier alpha value is -2.29. The van der Waals surface area contributed by atoms with Crippen molar-refractivity contribution in [2.75, 3.05) is 14.1 Å². The van der Waals surface area contributed by atoms with Gasteiger partial charge in [0, 0.05) is 19.7 Å². The van der Waals surface area contributed by atoms with Crippen LogP contribution in [0.1, 0.15) is 5.56 Å². The van der Waals surface area contributed by atoms with Crippen LogP contribution in [0.3, 0.4) is 0 Å². The second kappa shape index (κ2) is 6.05. The molecular formula is C16H17NO2. The van der Waals surface area contributed by atoms with Crippen molar-refractivity contribution in [2.45, 2.75) is 6.42 Å². The molecule has 3 heteroatoms. The average molecular weight is 255 g/mol. The Bertz CT molecular complexity index is 550. The van der Waals surface area contributed by atoms with E-state index < -0.39 is 0 Å². The molecule has 0 saturated carbocycles. The van der Waals surface area contributed by atoms with Gasteiger partial charge in [0.05, 0.1) is 6.42 Å². The molecule has 0 unspecified atom stereocenters. The molecule has 3 nitrogen and oxygen atoms in total. The SMILES string of the molecule is CN(C)C(=O)Cc1ccccc1Oc1ccccc1. The van der Waals surface area contributed by atoms with Crippen LogP contribution in [0.5, 0.6) is 11.5 Å². The van der Waals surface area contributed by atoms with Crippen molar-refractivity contribution in [2.24, 2.45) is 0 Å². The molecule has 0 aliphatic carbocycles. The third-order valence-electron chi connectivity index (χ3n) is 2.78. The third-order valence-corrected chi connectivity index (χ3v) is 2.78. The number of rotatable bonds is 4. The first-order chi connectivity index (χ1) is 9.16. The lowest BCUT2D eigenvalue weighted by Crippen LogP contribution is -2.23. The lowest BCUT2D eigenvalue weighted by molar-refractivity contribution is -0.127. The van der Waals surface area contributed by atoms with E-state index in [1.807, 2.05) is 54.6 Å². The molecule has 2 aromatic rings. The quantitative estimate of drug-likeness (QED) is 0.840. The highest BCUT2D eigenvalue weighted by atomic mass is 16.5. The van der Waals surface area contributed by atoms with Crippen molar-refractivity contribution in [3.05, 3.63) is 60.2 Å². The summed E-state index contributed by atoms with van der Waals surface area (Å²) in [4.78, 5) is 13.4. The van der Waals surface area contributed by atoms with Gasteiger partial charge in [-0.3, -0.25) is 4.79 Å². The maximum atomic E-state index is 11.8. The van der Waals surface area contributed by atoms with E-state index in [-0.39, 0.29) is 5.91 Å². The minimum absolute atomic E-state index is 0.0594. The van der Waals surface area contributed by atoms with Crippen LogP contribution in [0.2, 0.25) is 0 Å². The maximum absolute atomic E-state index is 11.8. The molecule has 0 atom stereocenters. The van der Waals surface area contributed by atoms with Gasteiger partial charge in [0.25, 0.3) is 0 Å². The number of ether oxygens (including phenoxy) is 1.